The lowest BCUT2D eigenvalue weighted by molar-refractivity contribution is 0.176. The Labute approximate surface area is 223 Å². The van der Waals surface area contributed by atoms with E-state index in [-0.39, 0.29) is 23.1 Å². The van der Waals surface area contributed by atoms with Crippen molar-refractivity contribution in [1.29, 1.82) is 10.5 Å². The highest BCUT2D eigenvalue weighted by molar-refractivity contribution is 6.30. The number of fused-ring (bicyclic) bond motifs is 1. The number of halogens is 2. The molecule has 1 atom stereocenters. The summed E-state index contributed by atoms with van der Waals surface area (Å²) in [6.45, 7) is 3.83. The number of benzene rings is 1. The second-order valence-corrected chi connectivity index (χ2v) is 9.70. The zero-order valence-corrected chi connectivity index (χ0v) is 21.6. The average Bonchev–Trinajstić information content (AvgIpc) is 2.93. The fourth-order valence-corrected chi connectivity index (χ4v) is 5.07. The van der Waals surface area contributed by atoms with E-state index in [2.05, 4.69) is 20.9 Å². The molecule has 190 valence electrons. The number of anilines is 1. The lowest BCUT2D eigenvalue weighted by Crippen LogP contribution is -2.52. The van der Waals surface area contributed by atoms with Crippen molar-refractivity contribution in [3.05, 3.63) is 86.8 Å². The van der Waals surface area contributed by atoms with E-state index in [0.717, 1.165) is 5.56 Å². The first-order valence-corrected chi connectivity index (χ1v) is 12.4. The van der Waals surface area contributed by atoms with Crippen LogP contribution in [0.2, 0.25) is 5.02 Å². The fraction of sp³-hybridized carbons (Fsp3) is 0.250. The topological polar surface area (TPSA) is 102 Å². The smallest absolute Gasteiger partial charge is 0.270 e. The van der Waals surface area contributed by atoms with Crippen LogP contribution in [0, 0.1) is 28.5 Å². The number of nitriles is 2. The summed E-state index contributed by atoms with van der Waals surface area (Å²) in [5.41, 5.74) is 2.72. The van der Waals surface area contributed by atoms with Crippen molar-refractivity contribution in [3.63, 3.8) is 0 Å². The Morgan fingerprint density at radius 1 is 1.11 bits per heavy atom. The predicted octanol–water partition coefficient (Wildman–Crippen LogP) is 4.24. The van der Waals surface area contributed by atoms with Crippen LogP contribution in [-0.2, 0) is 13.6 Å². The highest BCUT2D eigenvalue weighted by atomic mass is 35.5. The minimum Gasteiger partial charge on any atom is -0.366 e. The van der Waals surface area contributed by atoms with E-state index in [1.165, 1.54) is 4.57 Å². The van der Waals surface area contributed by atoms with Crippen molar-refractivity contribution >= 4 is 28.3 Å². The first-order valence-electron chi connectivity index (χ1n) is 12.0. The Balaban J connectivity index is 1.44. The Bertz CT molecular complexity index is 1690. The number of nitrogens with zero attached hydrogens (tertiary/aromatic N) is 7. The van der Waals surface area contributed by atoms with Crippen LogP contribution in [0.1, 0.15) is 23.9 Å². The van der Waals surface area contributed by atoms with E-state index in [1.54, 1.807) is 55.7 Å². The van der Waals surface area contributed by atoms with E-state index in [1.807, 2.05) is 17.9 Å². The predicted molar refractivity (Wildman–Crippen MR) is 143 cm³/mol. The summed E-state index contributed by atoms with van der Waals surface area (Å²) in [6.07, 6.45) is 1.60. The summed E-state index contributed by atoms with van der Waals surface area (Å²) in [6, 6.07) is 15.9. The van der Waals surface area contributed by atoms with Gasteiger partial charge in [-0.25, -0.2) is 9.37 Å². The molecule has 0 saturated carbocycles. The largest absolute Gasteiger partial charge is 0.366 e. The van der Waals surface area contributed by atoms with Crippen molar-refractivity contribution in [1.82, 2.24) is 19.4 Å². The van der Waals surface area contributed by atoms with Crippen LogP contribution in [-0.4, -0.2) is 45.1 Å². The molecule has 0 radical (unpaired) electrons. The van der Waals surface area contributed by atoms with Crippen molar-refractivity contribution in [2.75, 3.05) is 24.5 Å². The summed E-state index contributed by atoms with van der Waals surface area (Å²) in [7, 11) is 1.59. The summed E-state index contributed by atoms with van der Waals surface area (Å²) >= 11 is 5.98. The Morgan fingerprint density at radius 3 is 2.55 bits per heavy atom. The SMILES string of the molecule is C[C@@H]1CN(c2c(C#N)c(=O)n(C)c3ccc(C#N)nc23)CCN1Cc1nccc(-c2ccc(Cl)cc2)c1F. The molecule has 4 aromatic rings. The van der Waals surface area contributed by atoms with Crippen LogP contribution >= 0.6 is 11.6 Å². The van der Waals surface area contributed by atoms with Crippen LogP contribution < -0.4 is 10.5 Å². The van der Waals surface area contributed by atoms with Gasteiger partial charge in [0, 0.05) is 56.1 Å². The third-order valence-electron chi connectivity index (χ3n) is 6.99. The Hall–Kier alpha value is -4.31. The summed E-state index contributed by atoms with van der Waals surface area (Å²) in [4.78, 5) is 25.8. The number of piperazine rings is 1. The molecule has 0 amide bonds. The van der Waals surface area contributed by atoms with E-state index in [4.69, 9.17) is 11.6 Å². The molecule has 0 unspecified atom stereocenters. The number of aryl methyl sites for hydroxylation is 1. The minimum atomic E-state index is -0.415. The van der Waals surface area contributed by atoms with Gasteiger partial charge in [0.05, 0.1) is 16.9 Å². The highest BCUT2D eigenvalue weighted by Gasteiger charge is 2.30. The van der Waals surface area contributed by atoms with E-state index < -0.39 is 5.56 Å². The van der Waals surface area contributed by atoms with Gasteiger partial charge in [-0.15, -0.1) is 0 Å². The standard InChI is InChI=1S/C28H23ClFN7O/c1-17-15-37(27-22(14-32)28(38)35(2)24-8-7-20(13-31)34-26(24)27)12-11-36(17)16-23-25(30)21(9-10-33-23)18-3-5-19(29)6-4-18/h3-10,17H,11-12,15-16H2,1-2H3/t17-/m1/s1. The maximum Gasteiger partial charge on any atom is 0.270 e. The van der Waals surface area contributed by atoms with Crippen molar-refractivity contribution in [3.8, 4) is 23.3 Å². The van der Waals surface area contributed by atoms with Gasteiger partial charge in [-0.05, 0) is 42.8 Å². The molecule has 1 fully saturated rings. The van der Waals surface area contributed by atoms with Crippen LogP contribution in [0.5, 0.6) is 0 Å². The molecular weight excluding hydrogens is 505 g/mol. The molecule has 4 heterocycles. The molecule has 8 nitrogen and oxygen atoms in total. The first-order chi connectivity index (χ1) is 18.3. The molecule has 1 aliphatic heterocycles. The summed E-state index contributed by atoms with van der Waals surface area (Å²) in [5, 5.41) is 19.8. The number of aromatic nitrogens is 3. The lowest BCUT2D eigenvalue weighted by atomic mass is 10.0. The monoisotopic (exact) mass is 527 g/mol. The zero-order valence-electron chi connectivity index (χ0n) is 20.8. The summed E-state index contributed by atoms with van der Waals surface area (Å²) in [5.74, 6) is -0.373. The van der Waals surface area contributed by atoms with Gasteiger partial charge in [0.1, 0.15) is 28.9 Å². The molecule has 0 bridgehead atoms. The van der Waals surface area contributed by atoms with Crippen LogP contribution in [0.15, 0.2) is 53.5 Å². The minimum absolute atomic E-state index is 0.00776. The van der Waals surface area contributed by atoms with E-state index >= 15 is 4.39 Å². The van der Waals surface area contributed by atoms with E-state index in [9.17, 15) is 15.3 Å². The van der Waals surface area contributed by atoms with Crippen LogP contribution in [0.3, 0.4) is 0 Å². The fourth-order valence-electron chi connectivity index (χ4n) is 4.94. The Morgan fingerprint density at radius 2 is 1.87 bits per heavy atom. The Kier molecular flexibility index (Phi) is 6.81. The molecule has 1 aliphatic rings. The van der Waals surface area contributed by atoms with Gasteiger partial charge in [0.2, 0.25) is 0 Å². The highest BCUT2D eigenvalue weighted by Crippen LogP contribution is 2.31. The first kappa shape index (κ1) is 25.3. The molecule has 10 heteroatoms. The molecular formula is C28H23ClFN7O. The second kappa shape index (κ2) is 10.2. The van der Waals surface area contributed by atoms with Crippen molar-refractivity contribution in [2.45, 2.75) is 19.5 Å². The van der Waals surface area contributed by atoms with Gasteiger partial charge in [-0.2, -0.15) is 10.5 Å². The number of pyridine rings is 3. The molecule has 1 aromatic carbocycles. The molecule has 0 aliphatic carbocycles. The number of hydrogen-bond acceptors (Lipinski definition) is 7. The molecule has 5 rings (SSSR count). The van der Waals surface area contributed by atoms with E-state index in [0.29, 0.717) is 59.2 Å². The number of hydrogen-bond donors (Lipinski definition) is 0. The molecule has 0 N–H and O–H groups in total. The number of rotatable bonds is 4. The third kappa shape index (κ3) is 4.47. The van der Waals surface area contributed by atoms with Gasteiger partial charge < -0.3 is 9.47 Å². The summed E-state index contributed by atoms with van der Waals surface area (Å²) < 4.78 is 16.9. The quantitative estimate of drug-likeness (QED) is 0.391. The normalized spacial score (nSPS) is 15.8. The van der Waals surface area contributed by atoms with Gasteiger partial charge in [0.25, 0.3) is 5.56 Å². The van der Waals surface area contributed by atoms with Gasteiger partial charge in [0.15, 0.2) is 5.82 Å². The average molecular weight is 528 g/mol. The van der Waals surface area contributed by atoms with Gasteiger partial charge in [-0.1, -0.05) is 23.7 Å². The van der Waals surface area contributed by atoms with Crippen LogP contribution in [0.4, 0.5) is 10.1 Å². The third-order valence-corrected chi connectivity index (χ3v) is 7.24. The maximum atomic E-state index is 15.5. The molecule has 1 saturated heterocycles. The zero-order chi connectivity index (χ0) is 27.0. The lowest BCUT2D eigenvalue weighted by Gasteiger charge is -2.41. The molecule has 0 spiro atoms. The van der Waals surface area contributed by atoms with Gasteiger partial charge in [-0.3, -0.25) is 14.7 Å². The van der Waals surface area contributed by atoms with Gasteiger partial charge >= 0.3 is 0 Å². The molecule has 3 aromatic heterocycles. The van der Waals surface area contributed by atoms with Crippen LogP contribution in [0.25, 0.3) is 22.2 Å². The maximum absolute atomic E-state index is 15.5. The molecule has 38 heavy (non-hydrogen) atoms. The van der Waals surface area contributed by atoms with Crippen molar-refractivity contribution < 1.29 is 4.39 Å². The van der Waals surface area contributed by atoms with Crippen molar-refractivity contribution in [2.24, 2.45) is 7.05 Å². The second-order valence-electron chi connectivity index (χ2n) is 9.27.